The van der Waals surface area contributed by atoms with Gasteiger partial charge in [-0.25, -0.2) is 0 Å². The summed E-state index contributed by atoms with van der Waals surface area (Å²) in [5.74, 6) is 5.92. The summed E-state index contributed by atoms with van der Waals surface area (Å²) >= 11 is 6.17. The fraction of sp³-hybridized carbons (Fsp3) is 0.259. The molecule has 170 valence electrons. The Labute approximate surface area is 203 Å². The Morgan fingerprint density at radius 1 is 1.12 bits per heavy atom. The number of aromatic nitrogens is 2. The van der Waals surface area contributed by atoms with E-state index in [1.54, 1.807) is 58.9 Å². The monoisotopic (exact) mass is 470 g/mol. The Kier molecular flexibility index (Phi) is 5.80. The van der Waals surface area contributed by atoms with Crippen molar-refractivity contribution in [3.05, 3.63) is 94.0 Å². The van der Waals surface area contributed by atoms with Gasteiger partial charge in [-0.05, 0) is 30.7 Å². The predicted molar refractivity (Wildman–Crippen MR) is 129 cm³/mol. The molecule has 1 aromatic carbocycles. The number of unbranched alkanes of at least 4 members (excludes halogenated alkanes) is 2. The first-order valence-electron chi connectivity index (χ1n) is 11.4. The molecule has 1 atom stereocenters. The number of rotatable bonds is 4. The molecule has 2 amide bonds. The van der Waals surface area contributed by atoms with E-state index in [9.17, 15) is 9.59 Å². The largest absolute Gasteiger partial charge is 0.306 e. The number of benzene rings is 1. The first-order valence-corrected chi connectivity index (χ1v) is 11.7. The molecule has 4 heterocycles. The van der Waals surface area contributed by atoms with Crippen LogP contribution in [0.25, 0.3) is 0 Å². The molecule has 2 aliphatic rings. The molecule has 0 saturated carbocycles. The Balaban J connectivity index is 1.61. The molecular formula is C27H23ClN4O2. The summed E-state index contributed by atoms with van der Waals surface area (Å²) in [6, 6.07) is 10.8. The molecule has 0 spiro atoms. The van der Waals surface area contributed by atoms with Crippen LogP contribution in [0.3, 0.4) is 0 Å². The van der Waals surface area contributed by atoms with Crippen molar-refractivity contribution in [1.29, 1.82) is 0 Å². The van der Waals surface area contributed by atoms with Gasteiger partial charge in [-0.1, -0.05) is 48.9 Å². The van der Waals surface area contributed by atoms with Gasteiger partial charge in [0.1, 0.15) is 0 Å². The number of hydrogen-bond donors (Lipinski definition) is 0. The molecule has 1 unspecified atom stereocenters. The lowest BCUT2D eigenvalue weighted by molar-refractivity contribution is 0.0374. The molecule has 0 aliphatic carbocycles. The standard InChI is InChI=1S/C27H23ClN4O2/c1-2-3-4-5-6-19-15-20(17-30-16-19)25(33)31-13-14-32-26(34)23-11-12-29-18-24(23)27(31,32)21-7-9-22(28)10-8-21/h7-12,15-18H,2-4,13-14H2,1H3. The molecule has 5 rings (SSSR count). The zero-order chi connectivity index (χ0) is 23.7. The molecule has 7 heteroatoms. The van der Waals surface area contributed by atoms with Crippen LogP contribution < -0.4 is 0 Å². The Hall–Kier alpha value is -3.69. The SMILES string of the molecule is CCCCC#Cc1cncc(C(=O)N2CCN3C(=O)c4ccncc4C23c2ccc(Cl)cc2)c1. The molecule has 0 N–H and O–H groups in total. The van der Waals surface area contributed by atoms with Gasteiger partial charge in [-0.3, -0.25) is 19.6 Å². The fourth-order valence-corrected chi connectivity index (χ4v) is 4.95. The van der Waals surface area contributed by atoms with E-state index < -0.39 is 5.66 Å². The number of carbonyl (C=O) groups is 2. The summed E-state index contributed by atoms with van der Waals surface area (Å²) in [4.78, 5) is 39.3. The van der Waals surface area contributed by atoms with Crippen LogP contribution in [-0.2, 0) is 5.66 Å². The van der Waals surface area contributed by atoms with Crippen molar-refractivity contribution in [1.82, 2.24) is 19.8 Å². The first-order chi connectivity index (χ1) is 16.6. The Bertz CT molecular complexity index is 1330. The van der Waals surface area contributed by atoms with E-state index in [-0.39, 0.29) is 11.8 Å². The number of pyridine rings is 2. The molecule has 0 radical (unpaired) electrons. The van der Waals surface area contributed by atoms with Crippen LogP contribution in [0.1, 0.15) is 63.6 Å². The highest BCUT2D eigenvalue weighted by molar-refractivity contribution is 6.30. The highest BCUT2D eigenvalue weighted by Crippen LogP contribution is 2.49. The van der Waals surface area contributed by atoms with Gasteiger partial charge in [0.2, 0.25) is 0 Å². The quantitative estimate of drug-likeness (QED) is 0.416. The van der Waals surface area contributed by atoms with Gasteiger partial charge in [-0.15, -0.1) is 0 Å². The van der Waals surface area contributed by atoms with Crippen molar-refractivity contribution in [3.63, 3.8) is 0 Å². The van der Waals surface area contributed by atoms with Crippen LogP contribution in [0.5, 0.6) is 0 Å². The van der Waals surface area contributed by atoms with E-state index >= 15 is 0 Å². The minimum absolute atomic E-state index is 0.115. The summed E-state index contributed by atoms with van der Waals surface area (Å²) in [6.45, 7) is 2.92. The third kappa shape index (κ3) is 3.44. The van der Waals surface area contributed by atoms with E-state index in [0.717, 1.165) is 24.8 Å². The number of fused-ring (bicyclic) bond motifs is 3. The van der Waals surface area contributed by atoms with Crippen molar-refractivity contribution < 1.29 is 9.59 Å². The van der Waals surface area contributed by atoms with Crippen molar-refractivity contribution >= 4 is 23.4 Å². The van der Waals surface area contributed by atoms with Crippen LogP contribution in [0.2, 0.25) is 5.02 Å². The molecule has 3 aromatic rings. The van der Waals surface area contributed by atoms with E-state index in [4.69, 9.17) is 11.6 Å². The highest BCUT2D eigenvalue weighted by atomic mass is 35.5. The second kappa shape index (κ2) is 8.92. The van der Waals surface area contributed by atoms with Crippen LogP contribution in [0, 0.1) is 11.8 Å². The summed E-state index contributed by atoms with van der Waals surface area (Å²) in [5, 5.41) is 0.580. The summed E-state index contributed by atoms with van der Waals surface area (Å²) in [5.41, 5.74) is 2.06. The van der Waals surface area contributed by atoms with Gasteiger partial charge in [0.25, 0.3) is 11.8 Å². The maximum absolute atomic E-state index is 13.9. The number of hydrogen-bond acceptors (Lipinski definition) is 4. The van der Waals surface area contributed by atoms with E-state index in [0.29, 0.717) is 40.4 Å². The van der Waals surface area contributed by atoms with Gasteiger partial charge in [0.05, 0.1) is 11.1 Å². The van der Waals surface area contributed by atoms with Crippen molar-refractivity contribution in [2.75, 3.05) is 13.1 Å². The molecule has 34 heavy (non-hydrogen) atoms. The van der Waals surface area contributed by atoms with E-state index in [1.165, 1.54) is 0 Å². The average molecular weight is 471 g/mol. The van der Waals surface area contributed by atoms with E-state index in [2.05, 4.69) is 28.7 Å². The average Bonchev–Trinajstić information content (AvgIpc) is 3.37. The highest BCUT2D eigenvalue weighted by Gasteiger charge is 2.59. The van der Waals surface area contributed by atoms with Gasteiger partial charge >= 0.3 is 0 Å². The molecule has 0 bridgehead atoms. The van der Waals surface area contributed by atoms with Gasteiger partial charge < -0.3 is 9.80 Å². The fourth-order valence-electron chi connectivity index (χ4n) is 4.82. The molecule has 1 fully saturated rings. The van der Waals surface area contributed by atoms with Crippen LogP contribution in [-0.4, -0.2) is 44.7 Å². The van der Waals surface area contributed by atoms with Gasteiger partial charge in [-0.2, -0.15) is 0 Å². The zero-order valence-electron chi connectivity index (χ0n) is 18.8. The molecular weight excluding hydrogens is 448 g/mol. The minimum Gasteiger partial charge on any atom is -0.306 e. The summed E-state index contributed by atoms with van der Waals surface area (Å²) in [6.07, 6.45) is 9.43. The smallest absolute Gasteiger partial charge is 0.257 e. The summed E-state index contributed by atoms with van der Waals surface area (Å²) in [7, 11) is 0. The van der Waals surface area contributed by atoms with Crippen molar-refractivity contribution in [2.24, 2.45) is 0 Å². The second-order valence-electron chi connectivity index (χ2n) is 8.38. The lowest BCUT2D eigenvalue weighted by atomic mass is 9.90. The number of amides is 2. The Morgan fingerprint density at radius 3 is 2.74 bits per heavy atom. The van der Waals surface area contributed by atoms with Crippen molar-refractivity contribution in [2.45, 2.75) is 31.8 Å². The summed E-state index contributed by atoms with van der Waals surface area (Å²) < 4.78 is 0. The third-order valence-electron chi connectivity index (χ3n) is 6.37. The maximum Gasteiger partial charge on any atom is 0.257 e. The number of nitrogens with zero attached hydrogens (tertiary/aromatic N) is 4. The van der Waals surface area contributed by atoms with Gasteiger partial charge in [0.15, 0.2) is 5.66 Å². The van der Waals surface area contributed by atoms with Crippen LogP contribution in [0.15, 0.2) is 61.2 Å². The van der Waals surface area contributed by atoms with Crippen LogP contribution in [0.4, 0.5) is 0 Å². The molecule has 1 saturated heterocycles. The lowest BCUT2D eigenvalue weighted by Crippen LogP contribution is -2.51. The topological polar surface area (TPSA) is 66.4 Å². The molecule has 6 nitrogen and oxygen atoms in total. The minimum atomic E-state index is -1.09. The lowest BCUT2D eigenvalue weighted by Gasteiger charge is -2.40. The van der Waals surface area contributed by atoms with Crippen LogP contribution >= 0.6 is 11.6 Å². The second-order valence-corrected chi connectivity index (χ2v) is 8.82. The van der Waals surface area contributed by atoms with E-state index in [1.807, 2.05) is 12.1 Å². The number of carbonyl (C=O) groups excluding carboxylic acids is 2. The molecule has 2 aliphatic heterocycles. The zero-order valence-corrected chi connectivity index (χ0v) is 19.5. The first kappa shape index (κ1) is 22.1. The normalized spacial score (nSPS) is 18.4. The molecule has 2 aromatic heterocycles. The van der Waals surface area contributed by atoms with Crippen molar-refractivity contribution in [3.8, 4) is 11.8 Å². The third-order valence-corrected chi connectivity index (χ3v) is 6.62. The Morgan fingerprint density at radius 2 is 1.94 bits per heavy atom. The number of halogens is 1. The maximum atomic E-state index is 13.9. The predicted octanol–water partition coefficient (Wildman–Crippen LogP) is 4.48. The van der Waals surface area contributed by atoms with Gasteiger partial charge in [0, 0.05) is 66.0 Å².